The molecular weight excluding hydrogens is 412 g/mol. The highest BCUT2D eigenvalue weighted by Crippen LogP contribution is 2.26. The van der Waals surface area contributed by atoms with E-state index in [2.05, 4.69) is 31.6 Å². The number of nitrogens with zero attached hydrogens (tertiary/aromatic N) is 7. The molecule has 0 aromatic carbocycles. The van der Waals surface area contributed by atoms with Gasteiger partial charge in [-0.25, -0.2) is 13.8 Å². The number of nitriles is 1. The van der Waals surface area contributed by atoms with Crippen LogP contribution in [0, 0.1) is 18.3 Å². The predicted molar refractivity (Wildman–Crippen MR) is 103 cm³/mol. The van der Waals surface area contributed by atoms with Crippen molar-refractivity contribution in [3.05, 3.63) is 64.4 Å². The van der Waals surface area contributed by atoms with Gasteiger partial charge in [0.2, 0.25) is 5.88 Å². The molecule has 0 unspecified atom stereocenters. The van der Waals surface area contributed by atoms with Gasteiger partial charge in [0.25, 0.3) is 6.43 Å². The van der Waals surface area contributed by atoms with Crippen LogP contribution in [0.4, 0.5) is 8.78 Å². The highest BCUT2D eigenvalue weighted by atomic mass is 32.1. The first-order valence-electron chi connectivity index (χ1n) is 8.67. The van der Waals surface area contributed by atoms with Crippen molar-refractivity contribution in [3.8, 4) is 28.3 Å². The average Bonchev–Trinajstić information content (AvgIpc) is 3.39. The lowest BCUT2D eigenvalue weighted by molar-refractivity contribution is 0.151. The van der Waals surface area contributed by atoms with Crippen molar-refractivity contribution in [3.63, 3.8) is 0 Å². The Bertz CT molecular complexity index is 1200. The number of aromatic nitrogens is 6. The molecule has 0 radical (unpaired) electrons. The molecule has 0 aliphatic rings. The van der Waals surface area contributed by atoms with Gasteiger partial charge in [0, 0.05) is 17.8 Å². The largest absolute Gasteiger partial charge is 0.470 e. The fourth-order valence-corrected chi connectivity index (χ4v) is 3.35. The van der Waals surface area contributed by atoms with Crippen LogP contribution in [0.3, 0.4) is 0 Å². The molecule has 4 rings (SSSR count). The lowest BCUT2D eigenvalue weighted by atomic mass is 10.3. The Kier molecular flexibility index (Phi) is 5.40. The van der Waals surface area contributed by atoms with Crippen LogP contribution in [0.1, 0.15) is 28.3 Å². The Hall–Kier alpha value is -3.78. The molecule has 30 heavy (non-hydrogen) atoms. The Labute approximate surface area is 173 Å². The maximum atomic E-state index is 12.7. The highest BCUT2D eigenvalue weighted by Gasteiger charge is 2.15. The van der Waals surface area contributed by atoms with Crippen molar-refractivity contribution in [2.75, 3.05) is 0 Å². The first-order valence-corrected chi connectivity index (χ1v) is 9.49. The normalized spacial score (nSPS) is 10.9. The highest BCUT2D eigenvalue weighted by molar-refractivity contribution is 7.15. The third kappa shape index (κ3) is 3.99. The molecule has 0 aliphatic heterocycles. The Balaban J connectivity index is 1.49. The minimum atomic E-state index is -2.59. The van der Waals surface area contributed by atoms with E-state index < -0.39 is 6.43 Å². The van der Waals surface area contributed by atoms with Gasteiger partial charge < -0.3 is 4.74 Å². The van der Waals surface area contributed by atoms with Crippen LogP contribution in [0.2, 0.25) is 0 Å². The lowest BCUT2D eigenvalue weighted by Crippen LogP contribution is -2.09. The van der Waals surface area contributed by atoms with Crippen LogP contribution in [0.25, 0.3) is 16.4 Å². The second kappa shape index (κ2) is 8.30. The van der Waals surface area contributed by atoms with Crippen LogP contribution in [-0.4, -0.2) is 30.2 Å². The minimum Gasteiger partial charge on any atom is -0.470 e. The number of alkyl halides is 2. The monoisotopic (exact) mass is 425 g/mol. The van der Waals surface area contributed by atoms with Gasteiger partial charge in [-0.1, -0.05) is 5.21 Å². The van der Waals surface area contributed by atoms with Crippen LogP contribution in [0.15, 0.2) is 42.6 Å². The van der Waals surface area contributed by atoms with Gasteiger partial charge in [-0.3, -0.25) is 0 Å². The van der Waals surface area contributed by atoms with Crippen molar-refractivity contribution in [1.29, 1.82) is 5.26 Å². The molecule has 0 aliphatic carbocycles. The van der Waals surface area contributed by atoms with Crippen molar-refractivity contribution in [2.45, 2.75) is 20.0 Å². The van der Waals surface area contributed by atoms with Gasteiger partial charge in [0.15, 0.2) is 5.82 Å². The number of hydrogen-bond donors (Lipinski definition) is 0. The summed E-state index contributed by atoms with van der Waals surface area (Å²) in [6.45, 7) is 1.84. The topological polar surface area (TPSA) is 102 Å². The van der Waals surface area contributed by atoms with Gasteiger partial charge >= 0.3 is 0 Å². The third-order valence-electron chi connectivity index (χ3n) is 4.16. The Morgan fingerprint density at radius 3 is 2.63 bits per heavy atom. The fourth-order valence-electron chi connectivity index (χ4n) is 2.58. The van der Waals surface area contributed by atoms with Crippen molar-refractivity contribution in [2.24, 2.45) is 0 Å². The molecule has 0 saturated carbocycles. The summed E-state index contributed by atoms with van der Waals surface area (Å²) in [5, 5.41) is 25.1. The van der Waals surface area contributed by atoms with E-state index in [0.717, 1.165) is 11.1 Å². The van der Waals surface area contributed by atoms with E-state index in [4.69, 9.17) is 10.00 Å². The molecule has 4 aromatic rings. The van der Waals surface area contributed by atoms with Gasteiger partial charge in [-0.05, 0) is 37.3 Å². The molecule has 0 saturated heterocycles. The standard InChI is InChI=1S/C19H13F2N7OS/c1-11-15(28(27-24-11)17-6-2-12(9-23-17)19(20)21)10-29-18-7-4-14(25-26-18)16-5-3-13(8-22)30-16/h2-7,9,19H,10H2,1H3. The summed E-state index contributed by atoms with van der Waals surface area (Å²) in [5.41, 5.74) is 1.69. The number of pyridine rings is 1. The van der Waals surface area contributed by atoms with E-state index >= 15 is 0 Å². The molecular formula is C19H13F2N7OS. The average molecular weight is 425 g/mol. The number of ether oxygens (including phenoxy) is 1. The molecule has 11 heteroatoms. The van der Waals surface area contributed by atoms with E-state index in [1.807, 2.05) is 6.07 Å². The number of aryl methyl sites for hydroxylation is 1. The summed E-state index contributed by atoms with van der Waals surface area (Å²) in [6.07, 6.45) is -1.48. The summed E-state index contributed by atoms with van der Waals surface area (Å²) in [5.74, 6) is 0.648. The molecule has 0 spiro atoms. The summed E-state index contributed by atoms with van der Waals surface area (Å²) in [6, 6.07) is 11.8. The van der Waals surface area contributed by atoms with Crippen LogP contribution in [0.5, 0.6) is 5.88 Å². The molecule has 0 amide bonds. The van der Waals surface area contributed by atoms with Crippen LogP contribution in [-0.2, 0) is 6.61 Å². The van der Waals surface area contributed by atoms with E-state index in [1.54, 1.807) is 25.1 Å². The molecule has 0 bridgehead atoms. The SMILES string of the molecule is Cc1nnn(-c2ccc(C(F)F)cn2)c1COc1ccc(-c2ccc(C#N)s2)nn1. The second-order valence-electron chi connectivity index (χ2n) is 6.10. The Morgan fingerprint density at radius 1 is 1.13 bits per heavy atom. The predicted octanol–water partition coefficient (Wildman–Crippen LogP) is 3.88. The van der Waals surface area contributed by atoms with E-state index in [1.165, 1.54) is 28.2 Å². The first-order chi connectivity index (χ1) is 14.5. The summed E-state index contributed by atoms with van der Waals surface area (Å²) >= 11 is 1.33. The molecule has 150 valence electrons. The molecule has 0 fully saturated rings. The fraction of sp³-hybridized carbons (Fsp3) is 0.158. The van der Waals surface area contributed by atoms with Crippen LogP contribution < -0.4 is 4.74 Å². The summed E-state index contributed by atoms with van der Waals surface area (Å²) in [7, 11) is 0. The third-order valence-corrected chi connectivity index (χ3v) is 5.18. The molecule has 0 N–H and O–H groups in total. The zero-order chi connectivity index (χ0) is 21.1. The minimum absolute atomic E-state index is 0.0860. The van der Waals surface area contributed by atoms with Crippen molar-refractivity contribution in [1.82, 2.24) is 30.2 Å². The molecule has 8 nitrogen and oxygen atoms in total. The van der Waals surface area contributed by atoms with E-state index in [9.17, 15) is 8.78 Å². The quantitative estimate of drug-likeness (QED) is 0.462. The zero-order valence-electron chi connectivity index (χ0n) is 15.5. The number of halogens is 2. The molecule has 0 atom stereocenters. The molecule has 4 aromatic heterocycles. The first kappa shape index (κ1) is 19.5. The van der Waals surface area contributed by atoms with Gasteiger partial charge in [0.1, 0.15) is 28.9 Å². The van der Waals surface area contributed by atoms with Crippen molar-refractivity contribution >= 4 is 11.3 Å². The van der Waals surface area contributed by atoms with Gasteiger partial charge in [-0.2, -0.15) is 9.94 Å². The summed E-state index contributed by atoms with van der Waals surface area (Å²) < 4.78 is 32.6. The number of rotatable bonds is 6. The zero-order valence-corrected chi connectivity index (χ0v) is 16.3. The summed E-state index contributed by atoms with van der Waals surface area (Å²) in [4.78, 5) is 5.46. The second-order valence-corrected chi connectivity index (χ2v) is 7.19. The van der Waals surface area contributed by atoms with Crippen LogP contribution >= 0.6 is 11.3 Å². The van der Waals surface area contributed by atoms with E-state index in [-0.39, 0.29) is 12.2 Å². The lowest BCUT2D eigenvalue weighted by Gasteiger charge is -2.08. The van der Waals surface area contributed by atoms with Gasteiger partial charge in [0.05, 0.1) is 10.6 Å². The van der Waals surface area contributed by atoms with Crippen molar-refractivity contribution < 1.29 is 13.5 Å². The molecule has 4 heterocycles. The maximum absolute atomic E-state index is 12.7. The smallest absolute Gasteiger partial charge is 0.265 e. The number of hydrogen-bond acceptors (Lipinski definition) is 8. The van der Waals surface area contributed by atoms with E-state index in [0.29, 0.717) is 33.7 Å². The van der Waals surface area contributed by atoms with Gasteiger partial charge in [-0.15, -0.1) is 26.6 Å². The maximum Gasteiger partial charge on any atom is 0.265 e. The Morgan fingerprint density at radius 2 is 2.00 bits per heavy atom. The number of thiophene rings is 1.